The summed E-state index contributed by atoms with van der Waals surface area (Å²) < 4.78 is 5.69. The van der Waals surface area contributed by atoms with Gasteiger partial charge in [0.1, 0.15) is 0 Å². The van der Waals surface area contributed by atoms with Gasteiger partial charge in [0, 0.05) is 26.2 Å². The maximum atomic E-state index is 5.69. The third kappa shape index (κ3) is 4.49. The lowest BCUT2D eigenvalue weighted by atomic mass is 10.0. The first-order valence-corrected chi connectivity index (χ1v) is 6.28. The van der Waals surface area contributed by atoms with Gasteiger partial charge in [0.2, 0.25) is 0 Å². The summed E-state index contributed by atoms with van der Waals surface area (Å²) in [6, 6.07) is 0. The summed E-state index contributed by atoms with van der Waals surface area (Å²) in [6.07, 6.45) is 2.98. The minimum Gasteiger partial charge on any atom is -0.374 e. The molecule has 0 aliphatic carbocycles. The highest BCUT2D eigenvalue weighted by Gasteiger charge is 2.21. The van der Waals surface area contributed by atoms with Gasteiger partial charge in [-0.05, 0) is 13.0 Å². The second kappa shape index (κ2) is 7.20. The smallest absolute Gasteiger partial charge is 0.0826 e. The van der Waals surface area contributed by atoms with E-state index in [0.717, 1.165) is 32.2 Å². The molecule has 0 bridgehead atoms. The lowest BCUT2D eigenvalue weighted by molar-refractivity contribution is -0.0310. The molecule has 1 rings (SSSR count). The van der Waals surface area contributed by atoms with E-state index in [1.165, 1.54) is 19.4 Å². The number of hydrogen-bond donors (Lipinski definition) is 1. The van der Waals surface area contributed by atoms with E-state index in [4.69, 9.17) is 4.74 Å². The molecule has 1 aliphatic heterocycles. The van der Waals surface area contributed by atoms with Crippen LogP contribution < -0.4 is 5.32 Å². The van der Waals surface area contributed by atoms with E-state index in [2.05, 4.69) is 24.1 Å². The van der Waals surface area contributed by atoms with Crippen molar-refractivity contribution in [2.45, 2.75) is 32.8 Å². The summed E-state index contributed by atoms with van der Waals surface area (Å²) in [5, 5.41) is 3.19. The van der Waals surface area contributed by atoms with Gasteiger partial charge < -0.3 is 10.1 Å². The van der Waals surface area contributed by atoms with E-state index < -0.39 is 0 Å². The summed E-state index contributed by atoms with van der Waals surface area (Å²) in [5.41, 5.74) is 0. The Morgan fingerprint density at radius 1 is 1.40 bits per heavy atom. The first-order chi connectivity index (χ1) is 7.30. The van der Waals surface area contributed by atoms with Crippen LogP contribution in [0.1, 0.15) is 26.7 Å². The Hall–Kier alpha value is -0.120. The molecule has 1 atom stereocenters. The number of morpholine rings is 1. The maximum absolute atomic E-state index is 5.69. The van der Waals surface area contributed by atoms with Crippen LogP contribution in [0.5, 0.6) is 0 Å². The number of rotatable bonds is 6. The van der Waals surface area contributed by atoms with Crippen LogP contribution >= 0.6 is 0 Å². The second-order valence-electron chi connectivity index (χ2n) is 4.49. The summed E-state index contributed by atoms with van der Waals surface area (Å²) in [6.45, 7) is 9.90. The fraction of sp³-hybridized carbons (Fsp3) is 1.00. The summed E-state index contributed by atoms with van der Waals surface area (Å²) in [4.78, 5) is 2.56. The molecule has 1 unspecified atom stereocenters. The van der Waals surface area contributed by atoms with Crippen molar-refractivity contribution in [3.05, 3.63) is 0 Å². The zero-order valence-corrected chi connectivity index (χ0v) is 10.5. The van der Waals surface area contributed by atoms with Gasteiger partial charge in [-0.1, -0.05) is 26.7 Å². The molecule has 0 radical (unpaired) electrons. The van der Waals surface area contributed by atoms with Crippen LogP contribution in [0, 0.1) is 5.92 Å². The Balaban J connectivity index is 2.28. The molecule has 15 heavy (non-hydrogen) atoms. The molecular weight excluding hydrogens is 188 g/mol. The Bertz CT molecular complexity index is 158. The molecular formula is C12H26N2O. The molecule has 0 amide bonds. The van der Waals surface area contributed by atoms with Crippen LogP contribution in [0.2, 0.25) is 0 Å². The average Bonchev–Trinajstić information content (AvgIpc) is 2.27. The highest BCUT2D eigenvalue weighted by molar-refractivity contribution is 4.74. The van der Waals surface area contributed by atoms with Crippen molar-refractivity contribution in [3.8, 4) is 0 Å². The molecule has 1 fully saturated rings. The van der Waals surface area contributed by atoms with Crippen LogP contribution in [-0.4, -0.2) is 50.8 Å². The molecule has 1 saturated heterocycles. The zero-order chi connectivity index (χ0) is 11.1. The van der Waals surface area contributed by atoms with Gasteiger partial charge in [0.05, 0.1) is 12.7 Å². The molecule has 1 N–H and O–H groups in total. The SMILES string of the molecule is CCC(CC)CN1CCOC(CNC)C1. The zero-order valence-electron chi connectivity index (χ0n) is 10.5. The van der Waals surface area contributed by atoms with Gasteiger partial charge in [0.25, 0.3) is 0 Å². The van der Waals surface area contributed by atoms with Gasteiger partial charge in [-0.3, -0.25) is 4.90 Å². The number of hydrogen-bond acceptors (Lipinski definition) is 3. The van der Waals surface area contributed by atoms with Gasteiger partial charge >= 0.3 is 0 Å². The second-order valence-corrected chi connectivity index (χ2v) is 4.49. The number of ether oxygens (including phenoxy) is 1. The third-order valence-electron chi connectivity index (χ3n) is 3.33. The topological polar surface area (TPSA) is 24.5 Å². The van der Waals surface area contributed by atoms with Crippen LogP contribution in [0.3, 0.4) is 0 Å². The number of nitrogens with zero attached hydrogens (tertiary/aromatic N) is 1. The molecule has 0 spiro atoms. The van der Waals surface area contributed by atoms with E-state index >= 15 is 0 Å². The lowest BCUT2D eigenvalue weighted by Crippen LogP contribution is -2.47. The highest BCUT2D eigenvalue weighted by Crippen LogP contribution is 2.12. The summed E-state index contributed by atoms with van der Waals surface area (Å²) in [5.74, 6) is 0.860. The Morgan fingerprint density at radius 3 is 2.73 bits per heavy atom. The van der Waals surface area contributed by atoms with Crippen LogP contribution in [0.4, 0.5) is 0 Å². The van der Waals surface area contributed by atoms with E-state index in [9.17, 15) is 0 Å². The van der Waals surface area contributed by atoms with Crippen molar-refractivity contribution < 1.29 is 4.74 Å². The molecule has 90 valence electrons. The van der Waals surface area contributed by atoms with E-state index in [1.54, 1.807) is 0 Å². The Labute approximate surface area is 94.2 Å². The van der Waals surface area contributed by atoms with Gasteiger partial charge in [-0.25, -0.2) is 0 Å². The van der Waals surface area contributed by atoms with Crippen molar-refractivity contribution in [2.75, 3.05) is 39.8 Å². The van der Waals surface area contributed by atoms with Crippen molar-refractivity contribution in [3.63, 3.8) is 0 Å². The molecule has 0 aromatic heterocycles. The fourth-order valence-electron chi connectivity index (χ4n) is 2.21. The lowest BCUT2D eigenvalue weighted by Gasteiger charge is -2.34. The van der Waals surface area contributed by atoms with Crippen LogP contribution in [0.25, 0.3) is 0 Å². The molecule has 1 aliphatic rings. The van der Waals surface area contributed by atoms with Gasteiger partial charge in [-0.2, -0.15) is 0 Å². The minimum absolute atomic E-state index is 0.387. The van der Waals surface area contributed by atoms with Crippen LogP contribution in [-0.2, 0) is 4.74 Å². The van der Waals surface area contributed by atoms with E-state index in [-0.39, 0.29) is 0 Å². The normalized spacial score (nSPS) is 23.6. The first kappa shape index (κ1) is 12.9. The minimum atomic E-state index is 0.387. The third-order valence-corrected chi connectivity index (χ3v) is 3.33. The number of nitrogens with one attached hydrogen (secondary N) is 1. The first-order valence-electron chi connectivity index (χ1n) is 6.28. The van der Waals surface area contributed by atoms with Crippen molar-refractivity contribution in [1.82, 2.24) is 10.2 Å². The molecule has 1 heterocycles. The molecule has 0 aromatic carbocycles. The largest absolute Gasteiger partial charge is 0.374 e. The van der Waals surface area contributed by atoms with Crippen molar-refractivity contribution in [2.24, 2.45) is 5.92 Å². The van der Waals surface area contributed by atoms with Gasteiger partial charge in [0.15, 0.2) is 0 Å². The molecule has 3 heteroatoms. The maximum Gasteiger partial charge on any atom is 0.0826 e. The highest BCUT2D eigenvalue weighted by atomic mass is 16.5. The average molecular weight is 214 g/mol. The van der Waals surface area contributed by atoms with Gasteiger partial charge in [-0.15, -0.1) is 0 Å². The van der Waals surface area contributed by atoms with Crippen LogP contribution in [0.15, 0.2) is 0 Å². The van der Waals surface area contributed by atoms with Crippen molar-refractivity contribution >= 4 is 0 Å². The molecule has 3 nitrogen and oxygen atoms in total. The standard InChI is InChI=1S/C12H26N2O/c1-4-11(5-2)9-14-6-7-15-12(10-14)8-13-3/h11-13H,4-10H2,1-3H3. The predicted octanol–water partition coefficient (Wildman–Crippen LogP) is 1.34. The van der Waals surface area contributed by atoms with Crippen molar-refractivity contribution in [1.29, 1.82) is 0 Å². The van der Waals surface area contributed by atoms with E-state index in [0.29, 0.717) is 6.10 Å². The van der Waals surface area contributed by atoms with E-state index in [1.807, 2.05) is 7.05 Å². The predicted molar refractivity (Wildman–Crippen MR) is 64.2 cm³/mol. The number of likely N-dealkylation sites (N-methyl/N-ethyl adjacent to an activating group) is 1. The molecule has 0 saturated carbocycles. The fourth-order valence-corrected chi connectivity index (χ4v) is 2.21. The molecule has 0 aromatic rings. The Kier molecular flexibility index (Phi) is 6.22. The quantitative estimate of drug-likeness (QED) is 0.722. The monoisotopic (exact) mass is 214 g/mol. The Morgan fingerprint density at radius 2 is 2.13 bits per heavy atom. The summed E-state index contributed by atoms with van der Waals surface area (Å²) in [7, 11) is 1.99. The summed E-state index contributed by atoms with van der Waals surface area (Å²) >= 11 is 0.